The van der Waals surface area contributed by atoms with Crippen LogP contribution in [0, 0.1) is 5.41 Å². The van der Waals surface area contributed by atoms with Crippen LogP contribution in [-0.4, -0.2) is 66.5 Å². The van der Waals surface area contributed by atoms with Crippen molar-refractivity contribution in [1.82, 2.24) is 9.80 Å². The maximum absolute atomic E-state index is 13.3. The molecule has 7 heteroatoms. The lowest BCUT2D eigenvalue weighted by atomic mass is 9.72. The zero-order chi connectivity index (χ0) is 22.3. The topological polar surface area (TPSA) is 76.2 Å². The van der Waals surface area contributed by atoms with Gasteiger partial charge in [0.15, 0.2) is 5.41 Å². The van der Waals surface area contributed by atoms with Gasteiger partial charge in [-0.25, -0.2) is 0 Å². The minimum absolute atomic E-state index is 0.147. The van der Waals surface area contributed by atoms with Gasteiger partial charge in [0.2, 0.25) is 5.91 Å². The predicted octanol–water partition coefficient (Wildman–Crippen LogP) is 2.78. The van der Waals surface area contributed by atoms with E-state index in [0.717, 1.165) is 44.3 Å². The Balaban J connectivity index is 1.98. The van der Waals surface area contributed by atoms with E-state index in [1.807, 2.05) is 30.3 Å². The van der Waals surface area contributed by atoms with Crippen molar-refractivity contribution in [1.29, 1.82) is 0 Å². The number of carbonyl (C=O) groups is 3. The second kappa shape index (κ2) is 10.8. The van der Waals surface area contributed by atoms with E-state index >= 15 is 0 Å². The van der Waals surface area contributed by atoms with Crippen molar-refractivity contribution >= 4 is 17.8 Å². The molecule has 0 radical (unpaired) electrons. The molecule has 170 valence electrons. The molecule has 0 saturated carbocycles. The van der Waals surface area contributed by atoms with Gasteiger partial charge in [0, 0.05) is 13.1 Å². The molecule has 2 fully saturated rings. The minimum Gasteiger partial charge on any atom is -0.465 e. The van der Waals surface area contributed by atoms with E-state index < -0.39 is 23.4 Å². The zero-order valence-electron chi connectivity index (χ0n) is 18.7. The summed E-state index contributed by atoms with van der Waals surface area (Å²) in [7, 11) is 0. The molecule has 3 rings (SSSR count). The summed E-state index contributed by atoms with van der Waals surface area (Å²) in [5, 5.41) is 0. The van der Waals surface area contributed by atoms with Crippen LogP contribution in [-0.2, 0) is 30.4 Å². The Labute approximate surface area is 184 Å². The van der Waals surface area contributed by atoms with Gasteiger partial charge in [-0.1, -0.05) is 43.2 Å². The van der Waals surface area contributed by atoms with Crippen molar-refractivity contribution in [2.45, 2.75) is 58.5 Å². The molecule has 1 atom stereocenters. The van der Waals surface area contributed by atoms with E-state index in [1.165, 1.54) is 0 Å². The fourth-order valence-corrected chi connectivity index (χ4v) is 4.74. The minimum atomic E-state index is -1.62. The molecule has 7 nitrogen and oxygen atoms in total. The van der Waals surface area contributed by atoms with E-state index in [1.54, 1.807) is 18.7 Å². The number of rotatable bonds is 7. The molecular weight excluding hydrogens is 396 g/mol. The third-order valence-electron chi connectivity index (χ3n) is 6.32. The molecule has 0 aliphatic carbocycles. The summed E-state index contributed by atoms with van der Waals surface area (Å²) in [6, 6.07) is 9.31. The van der Waals surface area contributed by atoms with Crippen LogP contribution in [0.1, 0.15) is 51.5 Å². The molecule has 1 aromatic rings. The Bertz CT molecular complexity index is 740. The number of hydrogen-bond acceptors (Lipinski definition) is 6. The molecular formula is C24H34N2O5. The summed E-state index contributed by atoms with van der Waals surface area (Å²) in [4.78, 5) is 43.7. The molecule has 2 aliphatic rings. The van der Waals surface area contributed by atoms with Crippen LogP contribution in [0.25, 0.3) is 0 Å². The van der Waals surface area contributed by atoms with Gasteiger partial charge < -0.3 is 14.4 Å². The average molecular weight is 431 g/mol. The molecule has 2 saturated heterocycles. The number of nitrogens with zero attached hydrogens (tertiary/aromatic N) is 2. The number of piperidine rings is 1. The van der Waals surface area contributed by atoms with E-state index in [9.17, 15) is 14.4 Å². The first-order valence-corrected chi connectivity index (χ1v) is 11.4. The highest BCUT2D eigenvalue weighted by molar-refractivity contribution is 6.05. The average Bonchev–Trinajstić information content (AvgIpc) is 3.05. The van der Waals surface area contributed by atoms with Gasteiger partial charge in [0.05, 0.1) is 25.7 Å². The standard InChI is InChI=1S/C24H34N2O5/c1-3-30-22(28)24(23(29)31-4-2)16-21(27)26(17-19-12-8-7-9-13-19)18-20(24)25-14-10-5-6-11-15-25/h7-9,12-13,20H,3-6,10-11,14-18H2,1-2H3. The van der Waals surface area contributed by atoms with Gasteiger partial charge in [-0.15, -0.1) is 0 Å². The second-order valence-electron chi connectivity index (χ2n) is 8.31. The van der Waals surface area contributed by atoms with Crippen molar-refractivity contribution < 1.29 is 23.9 Å². The highest BCUT2D eigenvalue weighted by atomic mass is 16.6. The summed E-state index contributed by atoms with van der Waals surface area (Å²) in [5.74, 6) is -1.51. The lowest BCUT2D eigenvalue weighted by molar-refractivity contribution is -0.187. The van der Waals surface area contributed by atoms with E-state index in [0.29, 0.717) is 13.1 Å². The number of likely N-dealkylation sites (tertiary alicyclic amines) is 2. The van der Waals surface area contributed by atoms with Crippen LogP contribution in [0.15, 0.2) is 30.3 Å². The molecule has 0 bridgehead atoms. The molecule has 2 aliphatic heterocycles. The Kier molecular flexibility index (Phi) is 8.07. The molecule has 1 aromatic carbocycles. The SMILES string of the molecule is CCOC(=O)C1(C(=O)OCC)CC(=O)N(Cc2ccccc2)CC1N1CCCCCC1. The number of amides is 1. The Morgan fingerprint density at radius 2 is 1.55 bits per heavy atom. The number of hydrogen-bond donors (Lipinski definition) is 0. The Morgan fingerprint density at radius 3 is 2.10 bits per heavy atom. The molecule has 0 N–H and O–H groups in total. The van der Waals surface area contributed by atoms with Crippen LogP contribution in [0.3, 0.4) is 0 Å². The third-order valence-corrected chi connectivity index (χ3v) is 6.32. The van der Waals surface area contributed by atoms with Gasteiger partial charge in [-0.2, -0.15) is 0 Å². The molecule has 0 spiro atoms. The van der Waals surface area contributed by atoms with Gasteiger partial charge in [-0.05, 0) is 45.3 Å². The monoisotopic (exact) mass is 430 g/mol. The molecule has 0 aromatic heterocycles. The van der Waals surface area contributed by atoms with Crippen LogP contribution in [0.5, 0.6) is 0 Å². The van der Waals surface area contributed by atoms with Gasteiger partial charge in [0.25, 0.3) is 0 Å². The summed E-state index contributed by atoms with van der Waals surface area (Å²) >= 11 is 0. The van der Waals surface area contributed by atoms with E-state index in [4.69, 9.17) is 9.47 Å². The highest BCUT2D eigenvalue weighted by Gasteiger charge is 2.61. The van der Waals surface area contributed by atoms with E-state index in [-0.39, 0.29) is 25.5 Å². The van der Waals surface area contributed by atoms with E-state index in [2.05, 4.69) is 4.90 Å². The van der Waals surface area contributed by atoms with Crippen molar-refractivity contribution in [3.63, 3.8) is 0 Å². The lowest BCUT2D eigenvalue weighted by Gasteiger charge is -2.48. The van der Waals surface area contributed by atoms with Gasteiger partial charge >= 0.3 is 11.9 Å². The Morgan fingerprint density at radius 1 is 0.968 bits per heavy atom. The van der Waals surface area contributed by atoms with Gasteiger partial charge in [0.1, 0.15) is 0 Å². The molecule has 1 amide bonds. The fourth-order valence-electron chi connectivity index (χ4n) is 4.74. The van der Waals surface area contributed by atoms with Crippen LogP contribution in [0.2, 0.25) is 0 Å². The summed E-state index contributed by atoms with van der Waals surface area (Å²) in [6.45, 7) is 6.05. The first-order chi connectivity index (χ1) is 15.0. The van der Waals surface area contributed by atoms with Crippen LogP contribution >= 0.6 is 0 Å². The van der Waals surface area contributed by atoms with Crippen molar-refractivity contribution in [2.75, 3.05) is 32.8 Å². The largest absolute Gasteiger partial charge is 0.465 e. The summed E-state index contributed by atoms with van der Waals surface area (Å²) in [5.41, 5.74) is -0.606. The second-order valence-corrected chi connectivity index (χ2v) is 8.31. The lowest BCUT2D eigenvalue weighted by Crippen LogP contribution is -2.66. The highest BCUT2D eigenvalue weighted by Crippen LogP contribution is 2.40. The van der Waals surface area contributed by atoms with Gasteiger partial charge in [-0.3, -0.25) is 19.3 Å². The first kappa shape index (κ1) is 23.3. The molecule has 1 unspecified atom stereocenters. The van der Waals surface area contributed by atoms with Crippen molar-refractivity contribution in [3.05, 3.63) is 35.9 Å². The number of carbonyl (C=O) groups excluding carboxylic acids is 3. The maximum Gasteiger partial charge on any atom is 0.325 e. The summed E-state index contributed by atoms with van der Waals surface area (Å²) in [6.07, 6.45) is 4.04. The summed E-state index contributed by atoms with van der Waals surface area (Å²) < 4.78 is 10.7. The maximum atomic E-state index is 13.3. The zero-order valence-corrected chi connectivity index (χ0v) is 18.7. The van der Waals surface area contributed by atoms with Crippen LogP contribution < -0.4 is 0 Å². The quantitative estimate of drug-likeness (QED) is 0.489. The third kappa shape index (κ3) is 5.09. The fraction of sp³-hybridized carbons (Fsp3) is 0.625. The number of ether oxygens (including phenoxy) is 2. The molecule has 2 heterocycles. The number of esters is 2. The van der Waals surface area contributed by atoms with Crippen molar-refractivity contribution in [3.8, 4) is 0 Å². The molecule has 31 heavy (non-hydrogen) atoms. The van der Waals surface area contributed by atoms with Crippen molar-refractivity contribution in [2.24, 2.45) is 5.41 Å². The van der Waals surface area contributed by atoms with Crippen LogP contribution in [0.4, 0.5) is 0 Å². The normalized spacial score (nSPS) is 21.9. The smallest absolute Gasteiger partial charge is 0.325 e. The first-order valence-electron chi connectivity index (χ1n) is 11.4. The number of benzene rings is 1. The Hall–Kier alpha value is -2.41. The predicted molar refractivity (Wildman–Crippen MR) is 116 cm³/mol.